The number of hydrogen-bond donors (Lipinski definition) is 2. The Morgan fingerprint density at radius 1 is 1.14 bits per heavy atom. The van der Waals surface area contributed by atoms with E-state index >= 15 is 0 Å². The Hall–Kier alpha value is -1.10. The van der Waals surface area contributed by atoms with Crippen molar-refractivity contribution in [3.63, 3.8) is 0 Å². The highest BCUT2D eigenvalue weighted by Gasteiger charge is 2.42. The van der Waals surface area contributed by atoms with Gasteiger partial charge >= 0.3 is 5.97 Å². The molecule has 0 aromatic carbocycles. The van der Waals surface area contributed by atoms with Crippen LogP contribution in [0.1, 0.15) is 59.8 Å². The molecule has 1 amide bonds. The molecule has 122 valence electrons. The molecule has 5 nitrogen and oxygen atoms in total. The third-order valence-electron chi connectivity index (χ3n) is 4.53. The van der Waals surface area contributed by atoms with Crippen LogP contribution in [0, 0.1) is 5.41 Å². The van der Waals surface area contributed by atoms with Gasteiger partial charge in [-0.1, -0.05) is 12.8 Å². The van der Waals surface area contributed by atoms with E-state index in [9.17, 15) is 14.7 Å². The van der Waals surface area contributed by atoms with Crippen LogP contribution in [0.3, 0.4) is 0 Å². The topological polar surface area (TPSA) is 69.6 Å². The zero-order chi connectivity index (χ0) is 16.0. The van der Waals surface area contributed by atoms with Gasteiger partial charge < -0.3 is 10.4 Å². The Labute approximate surface area is 128 Å². The van der Waals surface area contributed by atoms with Gasteiger partial charge in [0.1, 0.15) is 0 Å². The van der Waals surface area contributed by atoms with Crippen LogP contribution < -0.4 is 5.32 Å². The summed E-state index contributed by atoms with van der Waals surface area (Å²) in [5.41, 5.74) is -0.820. The fraction of sp³-hybridized carbons (Fsp3) is 0.875. The zero-order valence-electron chi connectivity index (χ0n) is 13.8. The largest absolute Gasteiger partial charge is 0.481 e. The van der Waals surface area contributed by atoms with Crippen molar-refractivity contribution in [3.05, 3.63) is 0 Å². The van der Waals surface area contributed by atoms with Crippen molar-refractivity contribution in [3.8, 4) is 0 Å². The molecule has 0 heterocycles. The van der Waals surface area contributed by atoms with Crippen molar-refractivity contribution >= 4 is 11.9 Å². The van der Waals surface area contributed by atoms with Gasteiger partial charge in [0.15, 0.2) is 0 Å². The maximum absolute atomic E-state index is 12.0. The second kappa shape index (κ2) is 7.78. The van der Waals surface area contributed by atoms with Crippen LogP contribution in [0.15, 0.2) is 0 Å². The molecule has 0 saturated heterocycles. The van der Waals surface area contributed by atoms with Crippen molar-refractivity contribution in [2.24, 2.45) is 5.41 Å². The number of rotatable bonds is 8. The van der Waals surface area contributed by atoms with E-state index in [0.29, 0.717) is 31.5 Å². The zero-order valence-corrected chi connectivity index (χ0v) is 13.8. The van der Waals surface area contributed by atoms with E-state index in [4.69, 9.17) is 0 Å². The Kier molecular flexibility index (Phi) is 6.65. The molecular formula is C16H30N2O3. The lowest BCUT2D eigenvalue weighted by Gasteiger charge is -2.30. The van der Waals surface area contributed by atoms with E-state index in [1.807, 2.05) is 0 Å². The first kappa shape index (κ1) is 18.0. The minimum Gasteiger partial charge on any atom is -0.481 e. The Balaban J connectivity index is 2.42. The Morgan fingerprint density at radius 2 is 1.67 bits per heavy atom. The standard InChI is InChI=1S/C16H30N2O3/c1-12(2)18(13(3)4)10-9-17-14(19)11-16(15(20)21)7-5-6-8-16/h12-13H,5-11H2,1-4H3,(H,17,19)(H,20,21). The quantitative estimate of drug-likeness (QED) is 0.721. The van der Waals surface area contributed by atoms with Gasteiger partial charge in [0.25, 0.3) is 0 Å². The van der Waals surface area contributed by atoms with Crippen LogP contribution >= 0.6 is 0 Å². The summed E-state index contributed by atoms with van der Waals surface area (Å²) in [5.74, 6) is -0.951. The first-order valence-electron chi connectivity index (χ1n) is 8.04. The highest BCUT2D eigenvalue weighted by atomic mass is 16.4. The fourth-order valence-corrected chi connectivity index (χ4v) is 3.32. The molecule has 2 N–H and O–H groups in total. The first-order chi connectivity index (χ1) is 9.78. The lowest BCUT2D eigenvalue weighted by molar-refractivity contribution is -0.151. The van der Waals surface area contributed by atoms with Gasteiger partial charge in [-0.3, -0.25) is 14.5 Å². The summed E-state index contributed by atoms with van der Waals surface area (Å²) in [4.78, 5) is 25.8. The number of carboxylic acids is 1. The van der Waals surface area contributed by atoms with Crippen molar-refractivity contribution in [1.82, 2.24) is 10.2 Å². The highest BCUT2D eigenvalue weighted by Crippen LogP contribution is 2.41. The van der Waals surface area contributed by atoms with E-state index in [0.717, 1.165) is 19.4 Å². The predicted molar refractivity (Wildman–Crippen MR) is 83.1 cm³/mol. The number of nitrogens with zero attached hydrogens (tertiary/aromatic N) is 1. The van der Waals surface area contributed by atoms with Crippen molar-refractivity contribution in [2.75, 3.05) is 13.1 Å². The number of aliphatic carboxylic acids is 1. The predicted octanol–water partition coefficient (Wildman–Crippen LogP) is 2.26. The average molecular weight is 298 g/mol. The van der Waals surface area contributed by atoms with E-state index in [1.54, 1.807) is 0 Å². The molecule has 1 fully saturated rings. The third kappa shape index (κ3) is 4.99. The van der Waals surface area contributed by atoms with Crippen LogP contribution in [0.25, 0.3) is 0 Å². The van der Waals surface area contributed by atoms with Gasteiger partial charge in [0, 0.05) is 31.6 Å². The smallest absolute Gasteiger partial charge is 0.310 e. The molecule has 1 aliphatic rings. The molecule has 0 spiro atoms. The van der Waals surface area contributed by atoms with Crippen LogP contribution in [0.5, 0.6) is 0 Å². The number of hydrogen-bond acceptors (Lipinski definition) is 3. The summed E-state index contributed by atoms with van der Waals surface area (Å²) >= 11 is 0. The van der Waals surface area contributed by atoms with Crippen LogP contribution in [0.4, 0.5) is 0 Å². The number of amides is 1. The third-order valence-corrected chi connectivity index (χ3v) is 4.53. The fourth-order valence-electron chi connectivity index (χ4n) is 3.32. The van der Waals surface area contributed by atoms with Gasteiger partial charge in [0.05, 0.1) is 5.41 Å². The van der Waals surface area contributed by atoms with Gasteiger partial charge in [-0.15, -0.1) is 0 Å². The highest BCUT2D eigenvalue weighted by molar-refractivity contribution is 5.85. The van der Waals surface area contributed by atoms with Gasteiger partial charge in [-0.2, -0.15) is 0 Å². The second-order valence-electron chi connectivity index (χ2n) is 6.74. The molecule has 1 rings (SSSR count). The number of carboxylic acid groups (broad SMARTS) is 1. The molecule has 0 aromatic heterocycles. The molecule has 5 heteroatoms. The number of nitrogens with one attached hydrogen (secondary N) is 1. The summed E-state index contributed by atoms with van der Waals surface area (Å²) in [7, 11) is 0. The first-order valence-corrected chi connectivity index (χ1v) is 8.04. The van der Waals surface area contributed by atoms with Crippen molar-refractivity contribution < 1.29 is 14.7 Å². The van der Waals surface area contributed by atoms with E-state index in [2.05, 4.69) is 37.9 Å². The van der Waals surface area contributed by atoms with Crippen molar-refractivity contribution in [1.29, 1.82) is 0 Å². The van der Waals surface area contributed by atoms with Crippen LogP contribution in [-0.2, 0) is 9.59 Å². The molecule has 21 heavy (non-hydrogen) atoms. The van der Waals surface area contributed by atoms with Crippen LogP contribution in [0.2, 0.25) is 0 Å². The minimum absolute atomic E-state index is 0.117. The Bertz CT molecular complexity index is 353. The summed E-state index contributed by atoms with van der Waals surface area (Å²) in [6.45, 7) is 9.92. The Morgan fingerprint density at radius 3 is 2.10 bits per heavy atom. The number of carbonyl (C=O) groups is 2. The molecule has 0 atom stereocenters. The molecule has 0 bridgehead atoms. The minimum atomic E-state index is -0.820. The molecule has 1 aliphatic carbocycles. The SMILES string of the molecule is CC(C)N(CCNC(=O)CC1(C(=O)O)CCCC1)C(C)C. The molecule has 1 saturated carbocycles. The lowest BCUT2D eigenvalue weighted by Crippen LogP contribution is -2.43. The maximum atomic E-state index is 12.0. The van der Waals surface area contributed by atoms with Gasteiger partial charge in [-0.05, 0) is 40.5 Å². The van der Waals surface area contributed by atoms with Crippen LogP contribution in [-0.4, -0.2) is 47.1 Å². The van der Waals surface area contributed by atoms with Gasteiger partial charge in [-0.25, -0.2) is 0 Å². The number of carbonyl (C=O) groups excluding carboxylic acids is 1. The molecule has 0 aliphatic heterocycles. The molecular weight excluding hydrogens is 268 g/mol. The average Bonchev–Trinajstić information content (AvgIpc) is 2.83. The summed E-state index contributed by atoms with van der Waals surface area (Å²) in [6, 6.07) is 0.865. The monoisotopic (exact) mass is 298 g/mol. The maximum Gasteiger partial charge on any atom is 0.310 e. The second-order valence-corrected chi connectivity index (χ2v) is 6.74. The summed E-state index contributed by atoms with van der Waals surface area (Å²) in [5, 5.41) is 12.3. The normalized spacial score (nSPS) is 17.7. The lowest BCUT2D eigenvalue weighted by atomic mass is 9.82. The van der Waals surface area contributed by atoms with E-state index < -0.39 is 11.4 Å². The summed E-state index contributed by atoms with van der Waals surface area (Å²) in [6.07, 6.45) is 3.19. The molecule has 0 radical (unpaired) electrons. The van der Waals surface area contributed by atoms with Crippen molar-refractivity contribution in [2.45, 2.75) is 71.9 Å². The van der Waals surface area contributed by atoms with Gasteiger partial charge in [0.2, 0.25) is 5.91 Å². The van der Waals surface area contributed by atoms with E-state index in [1.165, 1.54) is 0 Å². The molecule has 0 unspecified atom stereocenters. The summed E-state index contributed by atoms with van der Waals surface area (Å²) < 4.78 is 0. The van der Waals surface area contributed by atoms with E-state index in [-0.39, 0.29) is 12.3 Å². The molecule has 0 aromatic rings.